The Hall–Kier alpha value is -2.98. The summed E-state index contributed by atoms with van der Waals surface area (Å²) in [6.45, 7) is 10.3. The number of morpholine rings is 2. The second-order valence-corrected chi connectivity index (χ2v) is 9.25. The zero-order valence-electron chi connectivity index (χ0n) is 20.3. The average Bonchev–Trinajstić information content (AvgIpc) is 2.77. The maximum atomic E-state index is 13.4. The van der Waals surface area contributed by atoms with Gasteiger partial charge in [0.1, 0.15) is 5.60 Å². The van der Waals surface area contributed by atoms with E-state index in [0.29, 0.717) is 37.6 Å². The standard InChI is InChI=1S/C24H32N2O8/c1-15-6-7-17(21(28)25-8-11-31-12-9-25)14-18(15)26-10-13-32-19(22(26)29)20(33-16(2)27)23(30)34-24(3,4)5/h6-7,14,19-20H,8-13H2,1-5H3. The molecule has 186 valence electrons. The Morgan fingerprint density at radius 3 is 2.38 bits per heavy atom. The number of aryl methyl sites for hydroxylation is 1. The van der Waals surface area contributed by atoms with Crippen LogP contribution in [0.1, 0.15) is 43.6 Å². The third-order valence-electron chi connectivity index (χ3n) is 5.37. The monoisotopic (exact) mass is 476 g/mol. The van der Waals surface area contributed by atoms with E-state index in [1.807, 2.05) is 6.92 Å². The molecule has 10 nitrogen and oxygen atoms in total. The van der Waals surface area contributed by atoms with E-state index in [1.54, 1.807) is 43.9 Å². The molecule has 0 spiro atoms. The van der Waals surface area contributed by atoms with Gasteiger partial charge in [0.05, 0.1) is 19.8 Å². The first-order chi connectivity index (χ1) is 16.0. The molecule has 2 aliphatic rings. The smallest absolute Gasteiger partial charge is 0.351 e. The van der Waals surface area contributed by atoms with Gasteiger partial charge >= 0.3 is 11.9 Å². The highest BCUT2D eigenvalue weighted by atomic mass is 16.6. The first-order valence-corrected chi connectivity index (χ1v) is 11.3. The number of carbonyl (C=O) groups excluding carboxylic acids is 4. The number of rotatable bonds is 5. The fraction of sp³-hybridized carbons (Fsp3) is 0.583. The van der Waals surface area contributed by atoms with E-state index < -0.39 is 35.7 Å². The molecule has 2 fully saturated rings. The van der Waals surface area contributed by atoms with Crippen LogP contribution in [-0.4, -0.2) is 85.9 Å². The van der Waals surface area contributed by atoms with Crippen molar-refractivity contribution in [1.29, 1.82) is 0 Å². The van der Waals surface area contributed by atoms with E-state index in [4.69, 9.17) is 18.9 Å². The van der Waals surface area contributed by atoms with Gasteiger partial charge in [-0.2, -0.15) is 0 Å². The van der Waals surface area contributed by atoms with Crippen LogP contribution in [0.15, 0.2) is 18.2 Å². The summed E-state index contributed by atoms with van der Waals surface area (Å²) in [5.74, 6) is -2.30. The van der Waals surface area contributed by atoms with Crippen molar-refractivity contribution in [2.45, 2.75) is 52.4 Å². The fourth-order valence-electron chi connectivity index (χ4n) is 3.82. The molecule has 1 aromatic rings. The van der Waals surface area contributed by atoms with Crippen molar-refractivity contribution in [3.05, 3.63) is 29.3 Å². The molecule has 2 unspecified atom stereocenters. The van der Waals surface area contributed by atoms with E-state index in [-0.39, 0.29) is 19.1 Å². The Bertz CT molecular complexity index is 949. The number of carbonyl (C=O) groups is 4. The molecule has 0 N–H and O–H groups in total. The molecule has 2 heterocycles. The van der Waals surface area contributed by atoms with Crippen molar-refractivity contribution in [3.63, 3.8) is 0 Å². The number of amides is 2. The first kappa shape index (κ1) is 25.6. The van der Waals surface area contributed by atoms with E-state index in [9.17, 15) is 19.2 Å². The molecule has 3 rings (SSSR count). The summed E-state index contributed by atoms with van der Waals surface area (Å²) >= 11 is 0. The summed E-state index contributed by atoms with van der Waals surface area (Å²) < 4.78 is 21.4. The van der Waals surface area contributed by atoms with Gasteiger partial charge in [-0.15, -0.1) is 0 Å². The minimum absolute atomic E-state index is 0.109. The highest BCUT2D eigenvalue weighted by Gasteiger charge is 2.44. The van der Waals surface area contributed by atoms with Crippen molar-refractivity contribution < 1.29 is 38.1 Å². The number of hydrogen-bond donors (Lipinski definition) is 0. The SMILES string of the molecule is CC(=O)OC(C(=O)OC(C)(C)C)C1OCCN(c2cc(C(=O)N3CCOCC3)ccc2C)C1=O. The van der Waals surface area contributed by atoms with Crippen LogP contribution in [0.3, 0.4) is 0 Å². The number of benzene rings is 1. The second kappa shape index (κ2) is 10.5. The van der Waals surface area contributed by atoms with Gasteiger partial charge in [-0.05, 0) is 45.4 Å². The number of nitrogens with zero attached hydrogens (tertiary/aromatic N) is 2. The Morgan fingerprint density at radius 1 is 1.09 bits per heavy atom. The summed E-state index contributed by atoms with van der Waals surface area (Å²) in [4.78, 5) is 54.0. The molecule has 1 aromatic carbocycles. The highest BCUT2D eigenvalue weighted by Crippen LogP contribution is 2.27. The van der Waals surface area contributed by atoms with Crippen LogP contribution >= 0.6 is 0 Å². The minimum atomic E-state index is -1.55. The van der Waals surface area contributed by atoms with Gasteiger partial charge in [-0.1, -0.05) is 6.07 Å². The normalized spacial score (nSPS) is 20.0. The summed E-state index contributed by atoms with van der Waals surface area (Å²) in [5.41, 5.74) is 0.900. The van der Waals surface area contributed by atoms with Gasteiger partial charge in [0.2, 0.25) is 6.10 Å². The summed E-state index contributed by atoms with van der Waals surface area (Å²) in [7, 11) is 0. The molecular weight excluding hydrogens is 444 g/mol. The van der Waals surface area contributed by atoms with Crippen LogP contribution in [-0.2, 0) is 33.3 Å². The number of ether oxygens (including phenoxy) is 4. The number of hydrogen-bond acceptors (Lipinski definition) is 8. The van der Waals surface area contributed by atoms with E-state index in [2.05, 4.69) is 0 Å². The minimum Gasteiger partial charge on any atom is -0.457 e. The average molecular weight is 477 g/mol. The van der Waals surface area contributed by atoms with Gasteiger partial charge in [0.15, 0.2) is 6.10 Å². The van der Waals surface area contributed by atoms with Crippen LogP contribution in [0.4, 0.5) is 5.69 Å². The summed E-state index contributed by atoms with van der Waals surface area (Å²) in [6.07, 6.45) is -2.92. The lowest BCUT2D eigenvalue weighted by atomic mass is 10.0. The van der Waals surface area contributed by atoms with Gasteiger partial charge in [-0.25, -0.2) is 4.79 Å². The first-order valence-electron chi connectivity index (χ1n) is 11.3. The van der Waals surface area contributed by atoms with Crippen molar-refractivity contribution in [3.8, 4) is 0 Å². The van der Waals surface area contributed by atoms with Crippen LogP contribution in [0.2, 0.25) is 0 Å². The van der Waals surface area contributed by atoms with Crippen LogP contribution in [0.25, 0.3) is 0 Å². The lowest BCUT2D eigenvalue weighted by Crippen LogP contribution is -2.56. The topological polar surface area (TPSA) is 112 Å². The maximum Gasteiger partial charge on any atom is 0.351 e. The molecule has 2 atom stereocenters. The molecule has 0 radical (unpaired) electrons. The van der Waals surface area contributed by atoms with E-state index in [1.165, 1.54) is 4.90 Å². The third kappa shape index (κ3) is 6.12. The highest BCUT2D eigenvalue weighted by molar-refractivity contribution is 6.03. The van der Waals surface area contributed by atoms with Crippen molar-refractivity contribution in [1.82, 2.24) is 4.90 Å². The van der Waals surface area contributed by atoms with Crippen molar-refractivity contribution in [2.75, 3.05) is 44.4 Å². The quantitative estimate of drug-likeness (QED) is 0.588. The predicted octanol–water partition coefficient (Wildman–Crippen LogP) is 1.47. The third-order valence-corrected chi connectivity index (χ3v) is 5.37. The van der Waals surface area contributed by atoms with Crippen LogP contribution in [0, 0.1) is 6.92 Å². The number of esters is 2. The van der Waals surface area contributed by atoms with Gasteiger partial charge in [-0.3, -0.25) is 14.4 Å². The summed E-state index contributed by atoms with van der Waals surface area (Å²) in [5, 5.41) is 0. The zero-order chi connectivity index (χ0) is 25.0. The largest absolute Gasteiger partial charge is 0.457 e. The Kier molecular flexibility index (Phi) is 7.93. The van der Waals surface area contributed by atoms with Gasteiger partial charge in [0, 0.05) is 37.8 Å². The maximum absolute atomic E-state index is 13.4. The fourth-order valence-corrected chi connectivity index (χ4v) is 3.82. The van der Waals surface area contributed by atoms with Crippen LogP contribution < -0.4 is 4.90 Å². The molecule has 0 bridgehead atoms. The Balaban J connectivity index is 1.87. The number of anilines is 1. The molecule has 0 aliphatic carbocycles. The molecule has 0 aromatic heterocycles. The molecule has 0 saturated carbocycles. The van der Waals surface area contributed by atoms with Gasteiger partial charge < -0.3 is 28.7 Å². The lowest BCUT2D eigenvalue weighted by molar-refractivity contribution is -0.188. The zero-order valence-corrected chi connectivity index (χ0v) is 20.3. The molecule has 2 amide bonds. The molecule has 2 aliphatic heterocycles. The Labute approximate surface area is 199 Å². The summed E-state index contributed by atoms with van der Waals surface area (Å²) in [6, 6.07) is 5.17. The molecule has 2 saturated heterocycles. The van der Waals surface area contributed by atoms with E-state index >= 15 is 0 Å². The predicted molar refractivity (Wildman–Crippen MR) is 121 cm³/mol. The van der Waals surface area contributed by atoms with Crippen LogP contribution in [0.5, 0.6) is 0 Å². The molecular formula is C24H32N2O8. The van der Waals surface area contributed by atoms with Crippen molar-refractivity contribution >= 4 is 29.4 Å². The molecule has 10 heteroatoms. The Morgan fingerprint density at radius 2 is 1.76 bits per heavy atom. The second-order valence-electron chi connectivity index (χ2n) is 9.25. The molecule has 34 heavy (non-hydrogen) atoms. The lowest BCUT2D eigenvalue weighted by Gasteiger charge is -2.36. The van der Waals surface area contributed by atoms with Gasteiger partial charge in [0.25, 0.3) is 11.8 Å². The van der Waals surface area contributed by atoms with E-state index in [0.717, 1.165) is 12.5 Å². The van der Waals surface area contributed by atoms with Crippen molar-refractivity contribution in [2.24, 2.45) is 0 Å².